The lowest BCUT2D eigenvalue weighted by Gasteiger charge is -2.30. The molecule has 0 N–H and O–H groups in total. The maximum absolute atomic E-state index is 10.8. The average Bonchev–Trinajstić information content (AvgIpc) is 2.73. The summed E-state index contributed by atoms with van der Waals surface area (Å²) in [5.41, 5.74) is 1.11. The van der Waals surface area contributed by atoms with Gasteiger partial charge in [0.1, 0.15) is 12.4 Å². The predicted octanol–water partition coefficient (Wildman–Crippen LogP) is 1.25. The maximum atomic E-state index is 10.8. The van der Waals surface area contributed by atoms with E-state index in [9.17, 15) is 4.79 Å². The molecule has 1 aromatic rings. The first kappa shape index (κ1) is 13.4. The Kier molecular flexibility index (Phi) is 4.18. The highest BCUT2D eigenvalue weighted by Gasteiger charge is 2.22. The minimum absolute atomic E-state index is 0.316. The molecule has 0 aromatic heterocycles. The summed E-state index contributed by atoms with van der Waals surface area (Å²) in [6, 6.07) is 5.98. The average molecular weight is 277 g/mol. The number of fused-ring (bicyclic) bond motifs is 1. The second-order valence-corrected chi connectivity index (χ2v) is 5.08. The Labute approximate surface area is 118 Å². The first-order chi connectivity index (χ1) is 9.86. The van der Waals surface area contributed by atoms with Crippen molar-refractivity contribution in [1.29, 1.82) is 0 Å². The van der Waals surface area contributed by atoms with Crippen LogP contribution in [0.3, 0.4) is 0 Å². The normalized spacial score (nSPS) is 23.1. The molecule has 0 aliphatic carbocycles. The van der Waals surface area contributed by atoms with Crippen LogP contribution >= 0.6 is 0 Å². The molecule has 1 aromatic carbocycles. The van der Waals surface area contributed by atoms with Gasteiger partial charge in [-0.15, -0.1) is 0 Å². The first-order valence-corrected chi connectivity index (χ1v) is 7.03. The highest BCUT2D eigenvalue weighted by atomic mass is 16.5. The number of aldehydes is 1. The fourth-order valence-corrected chi connectivity index (χ4v) is 2.58. The molecule has 0 bridgehead atoms. The van der Waals surface area contributed by atoms with Crippen molar-refractivity contribution in [2.24, 2.45) is 0 Å². The molecular weight excluding hydrogens is 258 g/mol. The van der Waals surface area contributed by atoms with Gasteiger partial charge in [-0.2, -0.15) is 0 Å². The Morgan fingerprint density at radius 2 is 2.15 bits per heavy atom. The van der Waals surface area contributed by atoms with Gasteiger partial charge in [-0.1, -0.05) is 12.1 Å². The summed E-state index contributed by atoms with van der Waals surface area (Å²) in [5.74, 6) is 1.67. The van der Waals surface area contributed by atoms with Crippen LogP contribution in [0.15, 0.2) is 18.2 Å². The number of nitrogens with zero attached hydrogens (tertiary/aromatic N) is 1. The molecule has 1 saturated heterocycles. The van der Waals surface area contributed by atoms with Gasteiger partial charge >= 0.3 is 0 Å². The SMILES string of the molecule is O=CC1CN(Cc2cccc3c2OCCCO3)CCO1. The molecule has 1 atom stereocenters. The van der Waals surface area contributed by atoms with Crippen LogP contribution in [0.25, 0.3) is 0 Å². The first-order valence-electron chi connectivity index (χ1n) is 7.03. The van der Waals surface area contributed by atoms with E-state index in [2.05, 4.69) is 11.0 Å². The molecule has 0 spiro atoms. The largest absolute Gasteiger partial charge is 0.490 e. The fraction of sp³-hybridized carbons (Fsp3) is 0.533. The Balaban J connectivity index is 1.75. The highest BCUT2D eigenvalue weighted by Crippen LogP contribution is 2.34. The van der Waals surface area contributed by atoms with Gasteiger partial charge in [-0.05, 0) is 6.07 Å². The van der Waals surface area contributed by atoms with Crippen molar-refractivity contribution in [2.75, 3.05) is 32.9 Å². The van der Waals surface area contributed by atoms with Crippen molar-refractivity contribution in [3.63, 3.8) is 0 Å². The number of rotatable bonds is 3. The maximum Gasteiger partial charge on any atom is 0.165 e. The second-order valence-electron chi connectivity index (χ2n) is 5.08. The summed E-state index contributed by atoms with van der Waals surface area (Å²) in [5, 5.41) is 0. The molecule has 2 aliphatic rings. The van der Waals surface area contributed by atoms with Crippen molar-refractivity contribution in [1.82, 2.24) is 4.90 Å². The monoisotopic (exact) mass is 277 g/mol. The third-order valence-corrected chi connectivity index (χ3v) is 3.58. The van der Waals surface area contributed by atoms with Crippen LogP contribution in [0, 0.1) is 0 Å². The van der Waals surface area contributed by atoms with E-state index in [0.717, 1.165) is 42.9 Å². The van der Waals surface area contributed by atoms with E-state index in [1.165, 1.54) is 0 Å². The van der Waals surface area contributed by atoms with Crippen molar-refractivity contribution in [2.45, 2.75) is 19.1 Å². The third kappa shape index (κ3) is 2.94. The molecule has 1 fully saturated rings. The lowest BCUT2D eigenvalue weighted by molar-refractivity contribution is -0.123. The van der Waals surface area contributed by atoms with Gasteiger partial charge in [-0.3, -0.25) is 4.90 Å². The van der Waals surface area contributed by atoms with E-state index < -0.39 is 0 Å². The quantitative estimate of drug-likeness (QED) is 0.778. The van der Waals surface area contributed by atoms with Gasteiger partial charge in [-0.25, -0.2) is 0 Å². The van der Waals surface area contributed by atoms with Crippen molar-refractivity contribution < 1.29 is 19.0 Å². The van der Waals surface area contributed by atoms with Crippen LogP contribution in [0.2, 0.25) is 0 Å². The van der Waals surface area contributed by atoms with E-state index in [-0.39, 0.29) is 6.10 Å². The Hall–Kier alpha value is -1.59. The van der Waals surface area contributed by atoms with E-state index in [4.69, 9.17) is 14.2 Å². The standard InChI is InChI=1S/C15H19NO4/c17-11-13-10-16(5-8-18-13)9-12-3-1-4-14-15(12)20-7-2-6-19-14/h1,3-4,11,13H,2,5-10H2. The topological polar surface area (TPSA) is 48.0 Å². The summed E-state index contributed by atoms with van der Waals surface area (Å²) < 4.78 is 16.9. The Morgan fingerprint density at radius 1 is 1.25 bits per heavy atom. The minimum atomic E-state index is -0.316. The summed E-state index contributed by atoms with van der Waals surface area (Å²) in [7, 11) is 0. The molecule has 0 amide bonds. The van der Waals surface area contributed by atoms with Crippen LogP contribution in [0.1, 0.15) is 12.0 Å². The Bertz CT molecular complexity index is 477. The van der Waals surface area contributed by atoms with Gasteiger partial charge in [0.25, 0.3) is 0 Å². The van der Waals surface area contributed by atoms with E-state index in [1.54, 1.807) is 0 Å². The molecule has 0 radical (unpaired) electrons. The second kappa shape index (κ2) is 6.24. The molecule has 5 heteroatoms. The zero-order valence-electron chi connectivity index (χ0n) is 11.4. The fourth-order valence-electron chi connectivity index (χ4n) is 2.58. The van der Waals surface area contributed by atoms with E-state index in [0.29, 0.717) is 26.4 Å². The number of ether oxygens (including phenoxy) is 3. The number of hydrogen-bond acceptors (Lipinski definition) is 5. The smallest absolute Gasteiger partial charge is 0.165 e. The number of benzene rings is 1. The summed E-state index contributed by atoms with van der Waals surface area (Å²) in [4.78, 5) is 13.1. The lowest BCUT2D eigenvalue weighted by Crippen LogP contribution is -2.42. The lowest BCUT2D eigenvalue weighted by atomic mass is 10.1. The van der Waals surface area contributed by atoms with Crippen LogP contribution in [-0.2, 0) is 16.1 Å². The van der Waals surface area contributed by atoms with Gasteiger partial charge in [0, 0.05) is 31.6 Å². The summed E-state index contributed by atoms with van der Waals surface area (Å²) >= 11 is 0. The number of hydrogen-bond donors (Lipinski definition) is 0. The van der Waals surface area contributed by atoms with Crippen molar-refractivity contribution in [3.8, 4) is 11.5 Å². The molecular formula is C15H19NO4. The van der Waals surface area contributed by atoms with Crippen LogP contribution in [-0.4, -0.2) is 50.2 Å². The van der Waals surface area contributed by atoms with E-state index >= 15 is 0 Å². The molecule has 2 aliphatic heterocycles. The number of carbonyl (C=O) groups is 1. The van der Waals surface area contributed by atoms with E-state index in [1.807, 2.05) is 12.1 Å². The van der Waals surface area contributed by atoms with Gasteiger partial charge in [0.05, 0.1) is 19.8 Å². The number of para-hydroxylation sites is 1. The molecule has 20 heavy (non-hydrogen) atoms. The molecule has 108 valence electrons. The predicted molar refractivity (Wildman–Crippen MR) is 73.1 cm³/mol. The highest BCUT2D eigenvalue weighted by molar-refractivity contribution is 5.56. The van der Waals surface area contributed by atoms with Crippen LogP contribution in [0.5, 0.6) is 11.5 Å². The number of carbonyl (C=O) groups excluding carboxylic acids is 1. The summed E-state index contributed by atoms with van der Waals surface area (Å²) in [6.45, 7) is 4.18. The van der Waals surface area contributed by atoms with Crippen LogP contribution in [0.4, 0.5) is 0 Å². The third-order valence-electron chi connectivity index (χ3n) is 3.58. The molecule has 3 rings (SSSR count). The molecule has 0 saturated carbocycles. The zero-order valence-corrected chi connectivity index (χ0v) is 11.4. The van der Waals surface area contributed by atoms with Gasteiger partial charge in [0.2, 0.25) is 0 Å². The number of morpholine rings is 1. The van der Waals surface area contributed by atoms with Crippen molar-refractivity contribution in [3.05, 3.63) is 23.8 Å². The van der Waals surface area contributed by atoms with Gasteiger partial charge < -0.3 is 19.0 Å². The molecule has 5 nitrogen and oxygen atoms in total. The summed E-state index contributed by atoms with van der Waals surface area (Å²) in [6.07, 6.45) is 1.46. The zero-order chi connectivity index (χ0) is 13.8. The van der Waals surface area contributed by atoms with Crippen LogP contribution < -0.4 is 9.47 Å². The molecule has 1 unspecified atom stereocenters. The molecule has 2 heterocycles. The Morgan fingerprint density at radius 3 is 3.05 bits per heavy atom. The van der Waals surface area contributed by atoms with Gasteiger partial charge in [0.15, 0.2) is 11.5 Å². The van der Waals surface area contributed by atoms with Crippen molar-refractivity contribution >= 4 is 6.29 Å². The minimum Gasteiger partial charge on any atom is -0.490 e.